The first-order valence-electron chi connectivity index (χ1n) is 11.4. The van der Waals surface area contributed by atoms with Crippen molar-refractivity contribution in [2.45, 2.75) is 11.7 Å². The molecule has 1 atom stereocenters. The monoisotopic (exact) mass is 442 g/mol. The largest absolute Gasteiger partial charge is 0.384 e. The van der Waals surface area contributed by atoms with Crippen molar-refractivity contribution in [3.8, 4) is 11.1 Å². The van der Waals surface area contributed by atoms with Crippen molar-refractivity contribution in [3.63, 3.8) is 0 Å². The topological polar surface area (TPSA) is 40.5 Å². The summed E-state index contributed by atoms with van der Waals surface area (Å²) >= 11 is 0. The standard InChI is InChI=1S/C32H26O2/c33-31(25-16-7-2-8-17-25)28-22-13-23-29(30(28)24-14-5-1-6-15-24)32(34,26-18-9-3-10-19-26)27-20-11-4-12-21-27/h1-23,31,33-34H. The molecule has 0 spiro atoms. The van der Waals surface area contributed by atoms with E-state index in [4.69, 9.17) is 0 Å². The fourth-order valence-corrected chi connectivity index (χ4v) is 4.68. The quantitative estimate of drug-likeness (QED) is 0.287. The van der Waals surface area contributed by atoms with Crippen LogP contribution in [0.25, 0.3) is 11.1 Å². The van der Waals surface area contributed by atoms with Gasteiger partial charge in [-0.05, 0) is 33.4 Å². The minimum absolute atomic E-state index is 0.726. The van der Waals surface area contributed by atoms with E-state index in [-0.39, 0.29) is 0 Å². The molecule has 0 aliphatic carbocycles. The van der Waals surface area contributed by atoms with Crippen molar-refractivity contribution in [2.75, 3.05) is 0 Å². The van der Waals surface area contributed by atoms with Crippen molar-refractivity contribution in [3.05, 3.63) is 167 Å². The molecular formula is C32H26O2. The third-order valence-corrected chi connectivity index (χ3v) is 6.34. The fourth-order valence-electron chi connectivity index (χ4n) is 4.68. The Bertz CT molecular complexity index is 1310. The summed E-state index contributed by atoms with van der Waals surface area (Å²) in [6, 6.07) is 44.9. The molecule has 0 aliphatic heterocycles. The van der Waals surface area contributed by atoms with Crippen molar-refractivity contribution in [1.29, 1.82) is 0 Å². The van der Waals surface area contributed by atoms with Crippen LogP contribution in [0.15, 0.2) is 140 Å². The van der Waals surface area contributed by atoms with Crippen LogP contribution in [0.2, 0.25) is 0 Å². The van der Waals surface area contributed by atoms with Crippen LogP contribution < -0.4 is 0 Å². The van der Waals surface area contributed by atoms with Gasteiger partial charge in [-0.1, -0.05) is 140 Å². The first-order chi connectivity index (χ1) is 16.7. The lowest BCUT2D eigenvalue weighted by Gasteiger charge is -2.33. The molecule has 0 aliphatic rings. The van der Waals surface area contributed by atoms with E-state index in [0.717, 1.165) is 38.9 Å². The van der Waals surface area contributed by atoms with E-state index in [1.54, 1.807) is 0 Å². The first-order valence-corrected chi connectivity index (χ1v) is 11.4. The highest BCUT2D eigenvalue weighted by molar-refractivity contribution is 5.75. The Morgan fingerprint density at radius 3 is 1.50 bits per heavy atom. The van der Waals surface area contributed by atoms with E-state index in [2.05, 4.69) is 0 Å². The molecule has 0 bridgehead atoms. The average molecular weight is 443 g/mol. The maximum atomic E-state index is 12.6. The van der Waals surface area contributed by atoms with Crippen LogP contribution in [0, 0.1) is 0 Å². The van der Waals surface area contributed by atoms with Gasteiger partial charge in [-0.2, -0.15) is 0 Å². The number of hydrogen-bond donors (Lipinski definition) is 2. The molecule has 2 heteroatoms. The molecule has 5 aromatic rings. The summed E-state index contributed by atoms with van der Waals surface area (Å²) in [5, 5.41) is 24.0. The van der Waals surface area contributed by atoms with Crippen LogP contribution in [0.5, 0.6) is 0 Å². The Morgan fingerprint density at radius 1 is 0.500 bits per heavy atom. The number of aliphatic hydroxyl groups is 2. The van der Waals surface area contributed by atoms with Gasteiger partial charge < -0.3 is 10.2 Å². The lowest BCUT2D eigenvalue weighted by molar-refractivity contribution is 0.126. The Labute approximate surface area is 200 Å². The molecule has 1 unspecified atom stereocenters. The van der Waals surface area contributed by atoms with Gasteiger partial charge in [-0.15, -0.1) is 0 Å². The van der Waals surface area contributed by atoms with Gasteiger partial charge in [-0.3, -0.25) is 0 Å². The highest BCUT2D eigenvalue weighted by Gasteiger charge is 2.37. The molecule has 34 heavy (non-hydrogen) atoms. The lowest BCUT2D eigenvalue weighted by Crippen LogP contribution is -2.30. The summed E-state index contributed by atoms with van der Waals surface area (Å²) in [6.45, 7) is 0. The minimum Gasteiger partial charge on any atom is -0.384 e. The molecule has 5 rings (SSSR count). The molecule has 5 aromatic carbocycles. The predicted octanol–water partition coefficient (Wildman–Crippen LogP) is 6.72. The van der Waals surface area contributed by atoms with Gasteiger partial charge in [0.25, 0.3) is 0 Å². The molecule has 2 nitrogen and oxygen atoms in total. The van der Waals surface area contributed by atoms with E-state index in [1.165, 1.54) is 0 Å². The van der Waals surface area contributed by atoms with E-state index in [0.29, 0.717) is 0 Å². The van der Waals surface area contributed by atoms with Crippen LogP contribution in [-0.4, -0.2) is 10.2 Å². The molecule has 0 fully saturated rings. The molecule has 2 N–H and O–H groups in total. The maximum Gasteiger partial charge on any atom is 0.141 e. The molecule has 0 heterocycles. The molecule has 0 aromatic heterocycles. The Morgan fingerprint density at radius 2 is 0.971 bits per heavy atom. The van der Waals surface area contributed by atoms with Crippen LogP contribution in [0.4, 0.5) is 0 Å². The zero-order chi connectivity index (χ0) is 23.4. The van der Waals surface area contributed by atoms with E-state index in [9.17, 15) is 10.2 Å². The molecular weight excluding hydrogens is 416 g/mol. The van der Waals surface area contributed by atoms with E-state index in [1.807, 2.05) is 140 Å². The first kappa shape index (κ1) is 21.8. The smallest absolute Gasteiger partial charge is 0.141 e. The molecule has 166 valence electrons. The number of hydrogen-bond acceptors (Lipinski definition) is 2. The zero-order valence-electron chi connectivity index (χ0n) is 18.8. The van der Waals surface area contributed by atoms with Gasteiger partial charge >= 0.3 is 0 Å². The molecule has 0 saturated heterocycles. The summed E-state index contributed by atoms with van der Waals surface area (Å²) in [5.41, 5.74) is 4.17. The Kier molecular flexibility index (Phi) is 6.09. The van der Waals surface area contributed by atoms with Crippen molar-refractivity contribution in [2.24, 2.45) is 0 Å². The van der Waals surface area contributed by atoms with Gasteiger partial charge in [0, 0.05) is 5.56 Å². The van der Waals surface area contributed by atoms with Crippen LogP contribution >= 0.6 is 0 Å². The number of rotatable bonds is 6. The number of aliphatic hydroxyl groups excluding tert-OH is 1. The molecule has 0 amide bonds. The maximum absolute atomic E-state index is 12.6. The SMILES string of the molecule is OC(c1ccccc1)c1cccc(C(O)(c2ccccc2)c2ccccc2)c1-c1ccccc1. The summed E-state index contributed by atoms with van der Waals surface area (Å²) in [4.78, 5) is 0. The van der Waals surface area contributed by atoms with Crippen LogP contribution in [0.3, 0.4) is 0 Å². The summed E-state index contributed by atoms with van der Waals surface area (Å²) in [7, 11) is 0. The van der Waals surface area contributed by atoms with E-state index < -0.39 is 11.7 Å². The molecule has 0 radical (unpaired) electrons. The second kappa shape index (κ2) is 9.48. The Hall–Kier alpha value is -3.98. The highest BCUT2D eigenvalue weighted by Crippen LogP contribution is 2.44. The zero-order valence-corrected chi connectivity index (χ0v) is 18.8. The number of benzene rings is 5. The van der Waals surface area contributed by atoms with Crippen molar-refractivity contribution < 1.29 is 10.2 Å². The predicted molar refractivity (Wildman–Crippen MR) is 137 cm³/mol. The van der Waals surface area contributed by atoms with Crippen LogP contribution in [-0.2, 0) is 5.60 Å². The minimum atomic E-state index is -1.42. The van der Waals surface area contributed by atoms with Gasteiger partial charge in [-0.25, -0.2) is 0 Å². The normalized spacial score (nSPS) is 12.3. The molecule has 0 saturated carbocycles. The summed E-state index contributed by atoms with van der Waals surface area (Å²) in [5.74, 6) is 0. The van der Waals surface area contributed by atoms with E-state index >= 15 is 0 Å². The second-order valence-corrected chi connectivity index (χ2v) is 8.39. The van der Waals surface area contributed by atoms with Crippen molar-refractivity contribution >= 4 is 0 Å². The average Bonchev–Trinajstić information content (AvgIpc) is 2.93. The van der Waals surface area contributed by atoms with Gasteiger partial charge in [0.15, 0.2) is 0 Å². The van der Waals surface area contributed by atoms with Crippen molar-refractivity contribution in [1.82, 2.24) is 0 Å². The van der Waals surface area contributed by atoms with Gasteiger partial charge in [0.1, 0.15) is 11.7 Å². The fraction of sp³-hybridized carbons (Fsp3) is 0.0625. The Balaban J connectivity index is 1.83. The van der Waals surface area contributed by atoms with Gasteiger partial charge in [0.2, 0.25) is 0 Å². The third kappa shape index (κ3) is 3.94. The lowest BCUT2D eigenvalue weighted by atomic mass is 9.75. The van der Waals surface area contributed by atoms with Gasteiger partial charge in [0.05, 0.1) is 0 Å². The summed E-state index contributed by atoms with van der Waals surface area (Å²) in [6.07, 6.45) is -0.841. The second-order valence-electron chi connectivity index (χ2n) is 8.39. The third-order valence-electron chi connectivity index (χ3n) is 6.34. The summed E-state index contributed by atoms with van der Waals surface area (Å²) < 4.78 is 0. The highest BCUT2D eigenvalue weighted by atomic mass is 16.3. The van der Waals surface area contributed by atoms with Crippen LogP contribution in [0.1, 0.15) is 33.9 Å².